The van der Waals surface area contributed by atoms with Gasteiger partial charge in [-0.2, -0.15) is 0 Å². The van der Waals surface area contributed by atoms with E-state index < -0.39 is 0 Å². The second-order valence-corrected chi connectivity index (χ2v) is 5.36. The molecule has 0 aliphatic rings. The van der Waals surface area contributed by atoms with E-state index in [2.05, 4.69) is 25.6 Å². The van der Waals surface area contributed by atoms with Crippen LogP contribution in [0.4, 0.5) is 16.8 Å². The summed E-state index contributed by atoms with van der Waals surface area (Å²) in [6.07, 6.45) is 3.33. The normalized spacial score (nSPS) is 9.78. The molecular formula is C15H14BrN5OS. The van der Waals surface area contributed by atoms with Crippen LogP contribution in [0.15, 0.2) is 48.1 Å². The summed E-state index contributed by atoms with van der Waals surface area (Å²) in [5.74, 6) is 0.411. The maximum absolute atomic E-state index is 11.1. The maximum atomic E-state index is 11.1. The molecule has 118 valence electrons. The van der Waals surface area contributed by atoms with Gasteiger partial charge in [-0.1, -0.05) is 12.1 Å². The van der Waals surface area contributed by atoms with Crippen LogP contribution in [-0.2, 0) is 4.79 Å². The number of thiazole rings is 1. The quantitative estimate of drug-likeness (QED) is 0.705. The fourth-order valence-electron chi connectivity index (χ4n) is 1.88. The van der Waals surface area contributed by atoms with Gasteiger partial charge in [-0.25, -0.2) is 15.0 Å². The van der Waals surface area contributed by atoms with Gasteiger partial charge in [0.25, 0.3) is 0 Å². The van der Waals surface area contributed by atoms with Gasteiger partial charge in [0.15, 0.2) is 5.13 Å². The molecule has 0 aliphatic carbocycles. The molecule has 6 nitrogen and oxygen atoms in total. The Kier molecular flexibility index (Phi) is 5.78. The molecule has 0 radical (unpaired) electrons. The second kappa shape index (κ2) is 7.80. The fraction of sp³-hybridized carbons (Fsp3) is 0.0667. The van der Waals surface area contributed by atoms with Gasteiger partial charge in [0, 0.05) is 35.9 Å². The number of carbonyl (C=O) groups is 1. The molecule has 1 aromatic carbocycles. The lowest BCUT2D eigenvalue weighted by atomic mass is 10.1. The number of nitrogens with one attached hydrogen (secondary N) is 2. The minimum atomic E-state index is -0.0981. The number of benzene rings is 1. The predicted molar refractivity (Wildman–Crippen MR) is 97.5 cm³/mol. The lowest BCUT2D eigenvalue weighted by Gasteiger charge is -2.03. The number of amides is 1. The highest BCUT2D eigenvalue weighted by Gasteiger charge is 2.07. The number of aromatic nitrogens is 3. The van der Waals surface area contributed by atoms with E-state index in [1.54, 1.807) is 18.5 Å². The minimum absolute atomic E-state index is 0. The van der Waals surface area contributed by atoms with E-state index in [-0.39, 0.29) is 22.9 Å². The van der Waals surface area contributed by atoms with Gasteiger partial charge in [-0.3, -0.25) is 4.79 Å². The molecule has 0 aliphatic heterocycles. The van der Waals surface area contributed by atoms with Crippen molar-refractivity contribution < 1.29 is 4.79 Å². The number of halogens is 1. The Labute approximate surface area is 147 Å². The zero-order chi connectivity index (χ0) is 15.4. The fourth-order valence-corrected chi connectivity index (χ4v) is 2.60. The van der Waals surface area contributed by atoms with Crippen molar-refractivity contribution in [1.82, 2.24) is 15.0 Å². The third-order valence-electron chi connectivity index (χ3n) is 2.77. The molecule has 0 atom stereocenters. The van der Waals surface area contributed by atoms with Gasteiger partial charge in [0.2, 0.25) is 11.9 Å². The molecule has 8 heteroatoms. The zero-order valence-electron chi connectivity index (χ0n) is 12.2. The summed E-state index contributed by atoms with van der Waals surface area (Å²) in [4.78, 5) is 23.8. The Balaban J connectivity index is 0.00000192. The molecule has 0 saturated heterocycles. The molecule has 0 fully saturated rings. The Bertz CT molecular complexity index is 793. The summed E-state index contributed by atoms with van der Waals surface area (Å²) >= 11 is 1.47. The van der Waals surface area contributed by atoms with Crippen LogP contribution in [0, 0.1) is 0 Å². The third-order valence-corrected chi connectivity index (χ3v) is 3.53. The number of nitrogens with zero attached hydrogens (tertiary/aromatic N) is 3. The van der Waals surface area contributed by atoms with Crippen molar-refractivity contribution in [3.05, 3.63) is 48.1 Å². The van der Waals surface area contributed by atoms with Crippen molar-refractivity contribution in [1.29, 1.82) is 0 Å². The molecule has 0 bridgehead atoms. The SMILES string of the molecule is Br.CC(=O)Nc1cccc(-c2csc(Nc3ncccn3)n2)c1. The van der Waals surface area contributed by atoms with Crippen molar-refractivity contribution in [2.75, 3.05) is 10.6 Å². The van der Waals surface area contributed by atoms with Gasteiger partial charge < -0.3 is 10.6 Å². The van der Waals surface area contributed by atoms with Crippen LogP contribution in [0.1, 0.15) is 6.92 Å². The first-order valence-corrected chi connectivity index (χ1v) is 7.46. The molecular weight excluding hydrogens is 378 g/mol. The maximum Gasteiger partial charge on any atom is 0.228 e. The zero-order valence-corrected chi connectivity index (χ0v) is 14.7. The predicted octanol–water partition coefficient (Wildman–Crippen LogP) is 3.88. The van der Waals surface area contributed by atoms with Gasteiger partial charge in [0.05, 0.1) is 5.69 Å². The Morgan fingerprint density at radius 2 is 1.96 bits per heavy atom. The van der Waals surface area contributed by atoms with Gasteiger partial charge in [0.1, 0.15) is 0 Å². The molecule has 2 heterocycles. The second-order valence-electron chi connectivity index (χ2n) is 4.50. The van der Waals surface area contributed by atoms with Crippen molar-refractivity contribution in [3.8, 4) is 11.3 Å². The van der Waals surface area contributed by atoms with E-state index >= 15 is 0 Å². The van der Waals surface area contributed by atoms with E-state index in [1.165, 1.54) is 18.3 Å². The molecule has 0 unspecified atom stereocenters. The standard InChI is InChI=1S/C15H13N5OS.BrH/c1-10(21)18-12-5-2-4-11(8-12)13-9-22-15(19-13)20-14-16-6-3-7-17-14;/h2-9H,1H3,(H,18,21)(H,16,17,19,20);1H. The number of anilines is 3. The lowest BCUT2D eigenvalue weighted by Crippen LogP contribution is -2.05. The number of carbonyl (C=O) groups excluding carboxylic acids is 1. The molecule has 3 aromatic rings. The molecule has 3 rings (SSSR count). The summed E-state index contributed by atoms with van der Waals surface area (Å²) in [5.41, 5.74) is 2.51. The summed E-state index contributed by atoms with van der Waals surface area (Å²) in [6, 6.07) is 9.32. The van der Waals surface area contributed by atoms with E-state index in [4.69, 9.17) is 0 Å². The lowest BCUT2D eigenvalue weighted by molar-refractivity contribution is -0.114. The van der Waals surface area contributed by atoms with Crippen LogP contribution in [0.25, 0.3) is 11.3 Å². The van der Waals surface area contributed by atoms with E-state index in [0.29, 0.717) is 11.1 Å². The Morgan fingerprint density at radius 3 is 2.70 bits per heavy atom. The molecule has 0 spiro atoms. The van der Waals surface area contributed by atoms with Crippen LogP contribution < -0.4 is 10.6 Å². The van der Waals surface area contributed by atoms with Crippen LogP contribution in [0.2, 0.25) is 0 Å². The largest absolute Gasteiger partial charge is 0.326 e. The van der Waals surface area contributed by atoms with Gasteiger partial charge >= 0.3 is 0 Å². The smallest absolute Gasteiger partial charge is 0.228 e. The highest BCUT2D eigenvalue weighted by Crippen LogP contribution is 2.27. The van der Waals surface area contributed by atoms with Gasteiger partial charge in [-0.05, 0) is 18.2 Å². The van der Waals surface area contributed by atoms with E-state index in [0.717, 1.165) is 16.9 Å². The third kappa shape index (κ3) is 4.57. The average molecular weight is 392 g/mol. The van der Waals surface area contributed by atoms with Crippen LogP contribution in [-0.4, -0.2) is 20.9 Å². The van der Waals surface area contributed by atoms with Crippen LogP contribution in [0.5, 0.6) is 0 Å². The van der Waals surface area contributed by atoms with Crippen molar-refractivity contribution >= 4 is 51.0 Å². The van der Waals surface area contributed by atoms with Gasteiger partial charge in [-0.15, -0.1) is 28.3 Å². The highest BCUT2D eigenvalue weighted by atomic mass is 79.9. The molecule has 2 N–H and O–H groups in total. The monoisotopic (exact) mass is 391 g/mol. The number of hydrogen-bond donors (Lipinski definition) is 2. The average Bonchev–Trinajstić information content (AvgIpc) is 2.96. The Hall–Kier alpha value is -2.32. The summed E-state index contributed by atoms with van der Waals surface area (Å²) in [7, 11) is 0. The van der Waals surface area contributed by atoms with Crippen molar-refractivity contribution in [2.45, 2.75) is 6.92 Å². The first kappa shape index (κ1) is 17.0. The summed E-state index contributed by atoms with van der Waals surface area (Å²) in [5, 5.41) is 8.48. The number of hydrogen-bond acceptors (Lipinski definition) is 6. The molecule has 0 saturated carbocycles. The number of rotatable bonds is 4. The topological polar surface area (TPSA) is 79.8 Å². The highest BCUT2D eigenvalue weighted by molar-refractivity contribution is 8.93. The van der Waals surface area contributed by atoms with Crippen LogP contribution >= 0.6 is 28.3 Å². The Morgan fingerprint density at radius 1 is 1.17 bits per heavy atom. The van der Waals surface area contributed by atoms with Crippen molar-refractivity contribution in [3.63, 3.8) is 0 Å². The first-order valence-electron chi connectivity index (χ1n) is 6.58. The van der Waals surface area contributed by atoms with Crippen molar-refractivity contribution in [2.24, 2.45) is 0 Å². The summed E-state index contributed by atoms with van der Waals surface area (Å²) in [6.45, 7) is 1.48. The molecule has 1 amide bonds. The van der Waals surface area contributed by atoms with E-state index in [1.807, 2.05) is 29.6 Å². The minimum Gasteiger partial charge on any atom is -0.326 e. The first-order chi connectivity index (χ1) is 10.7. The summed E-state index contributed by atoms with van der Waals surface area (Å²) < 4.78 is 0. The van der Waals surface area contributed by atoms with E-state index in [9.17, 15) is 4.79 Å². The molecule has 2 aromatic heterocycles. The molecule has 23 heavy (non-hydrogen) atoms. The van der Waals surface area contributed by atoms with Crippen LogP contribution in [0.3, 0.4) is 0 Å².